The molecule has 0 aliphatic heterocycles. The second-order valence-electron chi connectivity index (χ2n) is 6.21. The molecule has 4 rings (SSSR count). The Bertz CT molecular complexity index is 1140. The highest BCUT2D eigenvalue weighted by Gasteiger charge is 2.13. The lowest BCUT2D eigenvalue weighted by atomic mass is 10.2. The van der Waals surface area contributed by atoms with Crippen LogP contribution in [0.15, 0.2) is 45.8 Å². The summed E-state index contributed by atoms with van der Waals surface area (Å²) in [6, 6.07) is 7.65. The molecule has 4 aromatic rings. The first-order valence-electron chi connectivity index (χ1n) is 8.95. The first kappa shape index (κ1) is 20.5. The quantitative estimate of drug-likeness (QED) is 0.334. The zero-order chi connectivity index (χ0) is 20.9. The van der Waals surface area contributed by atoms with Crippen LogP contribution in [0.25, 0.3) is 21.1 Å². The molecule has 0 radical (unpaired) electrons. The van der Waals surface area contributed by atoms with Crippen molar-refractivity contribution in [1.29, 1.82) is 0 Å². The van der Waals surface area contributed by atoms with Gasteiger partial charge in [-0.1, -0.05) is 0 Å². The molecule has 9 heteroatoms. The van der Waals surface area contributed by atoms with E-state index in [1.807, 2.05) is 45.8 Å². The Labute approximate surface area is 185 Å². The summed E-state index contributed by atoms with van der Waals surface area (Å²) in [4.78, 5) is 21.3. The molecule has 6 nitrogen and oxygen atoms in total. The maximum atomic E-state index is 12.2. The number of ether oxygens (including phenoxy) is 3. The van der Waals surface area contributed by atoms with E-state index < -0.39 is 0 Å². The fourth-order valence-corrected chi connectivity index (χ4v) is 5.07. The summed E-state index contributed by atoms with van der Waals surface area (Å²) < 4.78 is 16.0. The van der Waals surface area contributed by atoms with Crippen LogP contribution in [0.3, 0.4) is 0 Å². The van der Waals surface area contributed by atoms with Gasteiger partial charge in [0.25, 0.3) is 0 Å². The number of hydrogen-bond donors (Lipinski definition) is 0. The van der Waals surface area contributed by atoms with Crippen molar-refractivity contribution in [2.24, 2.45) is 0 Å². The molecule has 0 saturated carbocycles. The zero-order valence-corrected chi connectivity index (χ0v) is 18.7. The minimum Gasteiger partial charge on any atom is -0.493 e. The van der Waals surface area contributed by atoms with Gasteiger partial charge in [0, 0.05) is 27.3 Å². The van der Waals surface area contributed by atoms with E-state index in [9.17, 15) is 4.79 Å². The van der Waals surface area contributed by atoms with Crippen LogP contribution in [0.2, 0.25) is 0 Å². The highest BCUT2D eigenvalue weighted by atomic mass is 32.1. The third-order valence-corrected chi connectivity index (χ3v) is 6.77. The summed E-state index contributed by atoms with van der Waals surface area (Å²) in [6.07, 6.45) is 0.146. The van der Waals surface area contributed by atoms with Crippen molar-refractivity contribution in [3.8, 4) is 32.6 Å². The second-order valence-corrected chi connectivity index (χ2v) is 8.70. The molecular weight excluding hydrogens is 440 g/mol. The van der Waals surface area contributed by atoms with Crippen molar-refractivity contribution >= 4 is 40.0 Å². The second kappa shape index (κ2) is 9.38. The van der Waals surface area contributed by atoms with Crippen LogP contribution in [0, 0.1) is 0 Å². The Morgan fingerprint density at radius 2 is 1.63 bits per heavy atom. The van der Waals surface area contributed by atoms with E-state index in [-0.39, 0.29) is 19.0 Å². The van der Waals surface area contributed by atoms with Gasteiger partial charge in [0.15, 0.2) is 11.5 Å². The number of rotatable bonds is 8. The van der Waals surface area contributed by atoms with Crippen LogP contribution in [-0.4, -0.2) is 30.2 Å². The predicted molar refractivity (Wildman–Crippen MR) is 120 cm³/mol. The van der Waals surface area contributed by atoms with Gasteiger partial charge in [-0.05, 0) is 29.6 Å². The van der Waals surface area contributed by atoms with Crippen LogP contribution < -0.4 is 9.47 Å². The van der Waals surface area contributed by atoms with E-state index >= 15 is 0 Å². The van der Waals surface area contributed by atoms with Gasteiger partial charge in [-0.2, -0.15) is 11.3 Å². The zero-order valence-electron chi connectivity index (χ0n) is 16.3. The van der Waals surface area contributed by atoms with Crippen molar-refractivity contribution in [3.63, 3.8) is 0 Å². The maximum Gasteiger partial charge on any atom is 0.312 e. The summed E-state index contributed by atoms with van der Waals surface area (Å²) >= 11 is 4.64. The maximum absolute atomic E-state index is 12.2. The molecule has 1 aromatic carbocycles. The van der Waals surface area contributed by atoms with Gasteiger partial charge in [0.05, 0.1) is 32.0 Å². The number of hydrogen-bond acceptors (Lipinski definition) is 9. The molecule has 0 aliphatic rings. The summed E-state index contributed by atoms with van der Waals surface area (Å²) in [7, 11) is 3.20. The molecule has 154 valence electrons. The topological polar surface area (TPSA) is 70.5 Å². The van der Waals surface area contributed by atoms with E-state index in [1.54, 1.807) is 25.6 Å². The smallest absolute Gasteiger partial charge is 0.312 e. The first-order valence-corrected chi connectivity index (χ1v) is 11.7. The Morgan fingerprint density at radius 3 is 2.37 bits per heavy atom. The van der Waals surface area contributed by atoms with Crippen LogP contribution in [-0.2, 0) is 22.6 Å². The molecule has 0 bridgehead atoms. The number of carbonyl (C=O) groups is 1. The Morgan fingerprint density at radius 1 is 0.900 bits per heavy atom. The third kappa shape index (κ3) is 4.69. The van der Waals surface area contributed by atoms with Crippen molar-refractivity contribution in [1.82, 2.24) is 9.97 Å². The fourth-order valence-electron chi connectivity index (χ4n) is 2.74. The lowest BCUT2D eigenvalue weighted by Crippen LogP contribution is -2.08. The predicted octanol–water partition coefficient (Wildman–Crippen LogP) is 5.30. The SMILES string of the molecule is COc1ccc(-c2nc(COC(=O)Cc3csc(-c4ccsc4)n3)cs2)cc1OC. The van der Waals surface area contributed by atoms with E-state index in [2.05, 4.69) is 9.97 Å². The molecular formula is C21H18N2O4S3. The molecule has 0 spiro atoms. The lowest BCUT2D eigenvalue weighted by molar-refractivity contribution is -0.144. The molecule has 0 atom stereocenters. The average molecular weight is 459 g/mol. The monoisotopic (exact) mass is 458 g/mol. The third-order valence-electron chi connectivity index (χ3n) is 4.21. The van der Waals surface area contributed by atoms with Gasteiger partial charge in [0.2, 0.25) is 0 Å². The molecule has 0 N–H and O–H groups in total. The van der Waals surface area contributed by atoms with Gasteiger partial charge in [-0.25, -0.2) is 9.97 Å². The van der Waals surface area contributed by atoms with E-state index in [0.717, 1.165) is 26.8 Å². The van der Waals surface area contributed by atoms with E-state index in [4.69, 9.17) is 14.2 Å². The molecule has 3 heterocycles. The number of thiazole rings is 2. The molecule has 0 unspecified atom stereocenters. The van der Waals surface area contributed by atoms with Crippen molar-refractivity contribution in [3.05, 3.63) is 57.2 Å². The normalized spacial score (nSPS) is 10.7. The number of esters is 1. The number of benzene rings is 1. The van der Waals surface area contributed by atoms with Crippen LogP contribution in [0.4, 0.5) is 0 Å². The van der Waals surface area contributed by atoms with Crippen molar-refractivity contribution in [2.75, 3.05) is 14.2 Å². The van der Waals surface area contributed by atoms with Gasteiger partial charge >= 0.3 is 5.97 Å². The Balaban J connectivity index is 1.35. The Hall–Kier alpha value is -2.75. The molecule has 0 fully saturated rings. The van der Waals surface area contributed by atoms with Crippen LogP contribution >= 0.6 is 34.0 Å². The Kier molecular flexibility index (Phi) is 6.41. The summed E-state index contributed by atoms with van der Waals surface area (Å²) in [5, 5.41) is 9.57. The largest absolute Gasteiger partial charge is 0.493 e. The number of methoxy groups -OCH3 is 2. The average Bonchev–Trinajstić information content (AvgIpc) is 3.53. The number of aromatic nitrogens is 2. The number of thiophene rings is 1. The lowest BCUT2D eigenvalue weighted by Gasteiger charge is -2.08. The summed E-state index contributed by atoms with van der Waals surface area (Å²) in [5.74, 6) is 0.984. The van der Waals surface area contributed by atoms with E-state index in [0.29, 0.717) is 17.2 Å². The first-order chi connectivity index (χ1) is 14.7. The number of nitrogens with zero attached hydrogens (tertiary/aromatic N) is 2. The van der Waals surface area contributed by atoms with Gasteiger partial charge < -0.3 is 14.2 Å². The summed E-state index contributed by atoms with van der Waals surface area (Å²) in [6.45, 7) is 0.129. The fraction of sp³-hybridized carbons (Fsp3) is 0.190. The minimum atomic E-state index is -0.321. The number of carbonyl (C=O) groups excluding carboxylic acids is 1. The van der Waals surface area contributed by atoms with Crippen LogP contribution in [0.5, 0.6) is 11.5 Å². The van der Waals surface area contributed by atoms with E-state index in [1.165, 1.54) is 22.7 Å². The van der Waals surface area contributed by atoms with Crippen molar-refractivity contribution < 1.29 is 19.0 Å². The highest BCUT2D eigenvalue weighted by Crippen LogP contribution is 2.33. The van der Waals surface area contributed by atoms with Gasteiger partial charge in [-0.3, -0.25) is 4.79 Å². The molecule has 30 heavy (non-hydrogen) atoms. The van der Waals surface area contributed by atoms with Crippen LogP contribution in [0.1, 0.15) is 11.4 Å². The molecule has 3 aromatic heterocycles. The summed E-state index contributed by atoms with van der Waals surface area (Å²) in [5.41, 5.74) is 3.42. The highest BCUT2D eigenvalue weighted by molar-refractivity contribution is 7.14. The molecule has 0 saturated heterocycles. The van der Waals surface area contributed by atoms with Crippen molar-refractivity contribution in [2.45, 2.75) is 13.0 Å². The molecule has 0 amide bonds. The van der Waals surface area contributed by atoms with Gasteiger partial charge in [0.1, 0.15) is 16.6 Å². The minimum absolute atomic E-state index is 0.129. The molecule has 0 aliphatic carbocycles. The van der Waals surface area contributed by atoms with Gasteiger partial charge in [-0.15, -0.1) is 22.7 Å². The standard InChI is InChI=1S/C21H18N2O4S3/c1-25-17-4-3-13(7-18(17)26-2)20-23-16(12-30-20)9-27-19(24)8-15-11-29-21(22-15)14-5-6-28-10-14/h3-7,10-12H,8-9H2,1-2H3.